The molecule has 2 heterocycles. The summed E-state index contributed by atoms with van der Waals surface area (Å²) in [4.78, 5) is 27.8. The van der Waals surface area contributed by atoms with Gasteiger partial charge in [0.05, 0.1) is 0 Å². The van der Waals surface area contributed by atoms with Crippen molar-refractivity contribution < 1.29 is 9.59 Å². The molecule has 0 atom stereocenters. The lowest BCUT2D eigenvalue weighted by atomic mass is 10.2. The van der Waals surface area contributed by atoms with Crippen molar-refractivity contribution in [2.45, 2.75) is 6.92 Å². The topological polar surface area (TPSA) is 63.5 Å². The van der Waals surface area contributed by atoms with Gasteiger partial charge in [0.1, 0.15) is 11.3 Å². The van der Waals surface area contributed by atoms with Crippen molar-refractivity contribution in [3.8, 4) is 0 Å². The van der Waals surface area contributed by atoms with Crippen LogP contribution in [-0.4, -0.2) is 21.1 Å². The smallest absolute Gasteiger partial charge is 0.275 e. The average Bonchev–Trinajstić information content (AvgIpc) is 2.91. The van der Waals surface area contributed by atoms with Crippen molar-refractivity contribution in [3.05, 3.63) is 66.1 Å². The Morgan fingerprint density at radius 1 is 1.05 bits per heavy atom. The van der Waals surface area contributed by atoms with E-state index in [1.165, 1.54) is 6.92 Å². The van der Waals surface area contributed by atoms with Gasteiger partial charge in [0.25, 0.3) is 5.91 Å². The number of Topliss-reactive ketones (excluding diaryl/α,β-unsaturated/α-hetero) is 1. The van der Waals surface area contributed by atoms with Crippen LogP contribution in [0.1, 0.15) is 27.8 Å². The van der Waals surface area contributed by atoms with Crippen molar-refractivity contribution in [3.63, 3.8) is 0 Å². The number of nitrogens with one attached hydrogen (secondary N) is 1. The van der Waals surface area contributed by atoms with E-state index in [1.54, 1.807) is 28.9 Å². The van der Waals surface area contributed by atoms with Gasteiger partial charge in [-0.1, -0.05) is 18.2 Å². The maximum atomic E-state index is 12.1. The SMILES string of the molecule is CC(=O)c1ccc2nc(C(=O)Nc3ccccc3)cn2c1. The molecule has 104 valence electrons. The van der Waals surface area contributed by atoms with Gasteiger partial charge in [0.2, 0.25) is 0 Å². The van der Waals surface area contributed by atoms with Crippen LogP contribution in [0.5, 0.6) is 0 Å². The van der Waals surface area contributed by atoms with Gasteiger partial charge in [-0.3, -0.25) is 9.59 Å². The minimum atomic E-state index is -0.283. The third-order valence-electron chi connectivity index (χ3n) is 3.12. The Balaban J connectivity index is 1.90. The summed E-state index contributed by atoms with van der Waals surface area (Å²) in [6.45, 7) is 1.50. The largest absolute Gasteiger partial charge is 0.321 e. The third-order valence-corrected chi connectivity index (χ3v) is 3.12. The molecule has 3 rings (SSSR count). The molecule has 5 nitrogen and oxygen atoms in total. The number of aromatic nitrogens is 2. The first kappa shape index (κ1) is 13.1. The minimum Gasteiger partial charge on any atom is -0.321 e. The van der Waals surface area contributed by atoms with Crippen molar-refractivity contribution >= 4 is 23.0 Å². The highest BCUT2D eigenvalue weighted by Crippen LogP contribution is 2.11. The summed E-state index contributed by atoms with van der Waals surface area (Å²) in [6, 6.07) is 12.6. The first-order valence-corrected chi connectivity index (χ1v) is 6.49. The first-order chi connectivity index (χ1) is 10.1. The van der Waals surface area contributed by atoms with Gasteiger partial charge in [-0.15, -0.1) is 0 Å². The lowest BCUT2D eigenvalue weighted by Gasteiger charge is -2.01. The fourth-order valence-corrected chi connectivity index (χ4v) is 2.03. The number of pyridine rings is 1. The lowest BCUT2D eigenvalue weighted by molar-refractivity contribution is 0.101. The van der Waals surface area contributed by atoms with Crippen LogP contribution < -0.4 is 5.32 Å². The molecule has 1 N–H and O–H groups in total. The number of amides is 1. The molecule has 5 heteroatoms. The van der Waals surface area contributed by atoms with Crippen molar-refractivity contribution in [2.24, 2.45) is 0 Å². The number of imidazole rings is 1. The van der Waals surface area contributed by atoms with E-state index in [4.69, 9.17) is 0 Å². The van der Waals surface area contributed by atoms with Crippen molar-refractivity contribution in [1.82, 2.24) is 9.38 Å². The van der Waals surface area contributed by atoms with Crippen molar-refractivity contribution in [2.75, 3.05) is 5.32 Å². The van der Waals surface area contributed by atoms with Crippen LogP contribution in [0.15, 0.2) is 54.9 Å². The van der Waals surface area contributed by atoms with Gasteiger partial charge in [-0.2, -0.15) is 0 Å². The molecule has 0 bridgehead atoms. The maximum absolute atomic E-state index is 12.1. The molecular formula is C16H13N3O2. The second kappa shape index (κ2) is 5.20. The number of rotatable bonds is 3. The number of hydrogen-bond donors (Lipinski definition) is 1. The fourth-order valence-electron chi connectivity index (χ4n) is 2.03. The molecule has 3 aromatic rings. The van der Waals surface area contributed by atoms with Crippen LogP contribution in [0.25, 0.3) is 5.65 Å². The fraction of sp³-hybridized carbons (Fsp3) is 0.0625. The molecule has 0 radical (unpaired) electrons. The Hall–Kier alpha value is -2.95. The summed E-state index contributed by atoms with van der Waals surface area (Å²) in [5.74, 6) is -0.310. The van der Waals surface area contributed by atoms with E-state index < -0.39 is 0 Å². The third kappa shape index (κ3) is 2.67. The van der Waals surface area contributed by atoms with Gasteiger partial charge in [-0.25, -0.2) is 4.98 Å². The Morgan fingerprint density at radius 2 is 1.81 bits per heavy atom. The Bertz CT molecular complexity index is 822. The van der Waals surface area contributed by atoms with Crippen LogP contribution >= 0.6 is 0 Å². The second-order valence-corrected chi connectivity index (χ2v) is 4.69. The molecule has 0 spiro atoms. The summed E-state index contributed by atoms with van der Waals surface area (Å²) < 4.78 is 1.68. The van der Waals surface area contributed by atoms with E-state index in [0.29, 0.717) is 22.6 Å². The van der Waals surface area contributed by atoms with Gasteiger partial charge >= 0.3 is 0 Å². The predicted octanol–water partition coefficient (Wildman–Crippen LogP) is 2.79. The molecule has 0 aliphatic rings. The van der Waals surface area contributed by atoms with Crippen LogP contribution in [0.3, 0.4) is 0 Å². The lowest BCUT2D eigenvalue weighted by Crippen LogP contribution is -2.11. The van der Waals surface area contributed by atoms with E-state index in [2.05, 4.69) is 10.3 Å². The Labute approximate surface area is 121 Å². The quantitative estimate of drug-likeness (QED) is 0.750. The monoisotopic (exact) mass is 279 g/mol. The summed E-state index contributed by atoms with van der Waals surface area (Å²) in [6.07, 6.45) is 3.28. The normalized spacial score (nSPS) is 10.5. The molecule has 0 saturated heterocycles. The Morgan fingerprint density at radius 3 is 2.52 bits per heavy atom. The zero-order valence-electron chi connectivity index (χ0n) is 11.4. The number of carbonyl (C=O) groups is 2. The number of nitrogens with zero attached hydrogens (tertiary/aromatic N) is 2. The highest BCUT2D eigenvalue weighted by Gasteiger charge is 2.11. The molecule has 1 aromatic carbocycles. The number of anilines is 1. The van der Waals surface area contributed by atoms with Crippen LogP contribution in [0.2, 0.25) is 0 Å². The minimum absolute atomic E-state index is 0.0270. The molecule has 0 saturated carbocycles. The number of benzene rings is 1. The average molecular weight is 279 g/mol. The van der Waals surface area contributed by atoms with E-state index >= 15 is 0 Å². The summed E-state index contributed by atoms with van der Waals surface area (Å²) >= 11 is 0. The second-order valence-electron chi connectivity index (χ2n) is 4.69. The van der Waals surface area contributed by atoms with E-state index in [0.717, 1.165) is 0 Å². The zero-order chi connectivity index (χ0) is 14.8. The highest BCUT2D eigenvalue weighted by molar-refractivity contribution is 6.03. The summed E-state index contributed by atoms with van der Waals surface area (Å²) in [7, 11) is 0. The van der Waals surface area contributed by atoms with Crippen LogP contribution in [-0.2, 0) is 0 Å². The predicted molar refractivity (Wildman–Crippen MR) is 79.6 cm³/mol. The Kier molecular flexibility index (Phi) is 3.23. The number of hydrogen-bond acceptors (Lipinski definition) is 3. The maximum Gasteiger partial charge on any atom is 0.275 e. The zero-order valence-corrected chi connectivity index (χ0v) is 11.4. The van der Waals surface area contributed by atoms with E-state index in [1.807, 2.05) is 30.3 Å². The first-order valence-electron chi connectivity index (χ1n) is 6.49. The molecule has 21 heavy (non-hydrogen) atoms. The van der Waals surface area contributed by atoms with Crippen LogP contribution in [0, 0.1) is 0 Å². The molecule has 0 aliphatic carbocycles. The van der Waals surface area contributed by atoms with Gasteiger partial charge < -0.3 is 9.72 Å². The van der Waals surface area contributed by atoms with Crippen LogP contribution in [0.4, 0.5) is 5.69 Å². The van der Waals surface area contributed by atoms with E-state index in [-0.39, 0.29) is 11.7 Å². The molecule has 0 fully saturated rings. The van der Waals surface area contributed by atoms with Gasteiger partial charge in [0, 0.05) is 23.6 Å². The standard InChI is InChI=1S/C16H13N3O2/c1-11(20)12-7-8-15-18-14(10-19(15)9-12)16(21)17-13-5-3-2-4-6-13/h2-10H,1H3,(H,17,21). The summed E-state index contributed by atoms with van der Waals surface area (Å²) in [5, 5.41) is 2.77. The summed E-state index contributed by atoms with van der Waals surface area (Å²) in [5.41, 5.74) is 2.22. The number of fused-ring (bicyclic) bond motifs is 1. The van der Waals surface area contributed by atoms with Gasteiger partial charge in [-0.05, 0) is 31.2 Å². The van der Waals surface area contributed by atoms with Crippen molar-refractivity contribution in [1.29, 1.82) is 0 Å². The van der Waals surface area contributed by atoms with Gasteiger partial charge in [0.15, 0.2) is 5.78 Å². The van der Waals surface area contributed by atoms with E-state index in [9.17, 15) is 9.59 Å². The molecule has 0 unspecified atom stereocenters. The number of carbonyl (C=O) groups excluding carboxylic acids is 2. The molecule has 1 amide bonds. The highest BCUT2D eigenvalue weighted by atomic mass is 16.2. The molecule has 2 aromatic heterocycles. The molecular weight excluding hydrogens is 266 g/mol. The molecule has 0 aliphatic heterocycles. The number of para-hydroxylation sites is 1. The number of ketones is 1.